The molecule has 1 fully saturated rings. The van der Waals surface area contributed by atoms with Gasteiger partial charge in [0.05, 0.1) is 12.2 Å². The summed E-state index contributed by atoms with van der Waals surface area (Å²) in [6.45, 7) is 1.00. The Hall–Kier alpha value is -1.58. The number of rotatable bonds is 1. The smallest absolute Gasteiger partial charge is 0.230 e. The van der Waals surface area contributed by atoms with Crippen molar-refractivity contribution in [1.29, 1.82) is 0 Å². The first-order valence-electron chi connectivity index (χ1n) is 6.99. The average molecular weight is 263 g/mol. The molecule has 0 bridgehead atoms. The number of hydrogen-bond donors (Lipinski definition) is 0. The quantitative estimate of drug-likeness (QED) is 0.779. The van der Waals surface area contributed by atoms with E-state index in [1.807, 2.05) is 0 Å². The van der Waals surface area contributed by atoms with Crippen molar-refractivity contribution in [1.82, 2.24) is 0 Å². The Labute approximate surface area is 112 Å². The summed E-state index contributed by atoms with van der Waals surface area (Å²) in [5.74, 6) is 0.514. The van der Waals surface area contributed by atoms with E-state index in [4.69, 9.17) is 4.74 Å². The lowest BCUT2D eigenvalue weighted by Gasteiger charge is -2.33. The van der Waals surface area contributed by atoms with E-state index in [1.165, 1.54) is 18.6 Å². The van der Waals surface area contributed by atoms with Crippen LogP contribution in [0.3, 0.4) is 0 Å². The highest BCUT2D eigenvalue weighted by atomic mass is 19.1. The maximum atomic E-state index is 13.4. The standard InChI is InChI=1S/C15H18FNO2/c16-12-6-7-14-13(10-12)17(8-9-19-14)15(18)11-4-2-1-3-5-11/h6-7,10-11H,1-5,8-9H2. The molecular weight excluding hydrogens is 245 g/mol. The van der Waals surface area contributed by atoms with Crippen LogP contribution < -0.4 is 9.64 Å². The predicted octanol–water partition coefficient (Wildman–Crippen LogP) is 3.13. The zero-order valence-electron chi connectivity index (χ0n) is 10.9. The number of amides is 1. The van der Waals surface area contributed by atoms with Crippen molar-refractivity contribution in [2.24, 2.45) is 5.92 Å². The molecule has 2 aliphatic rings. The molecule has 0 unspecified atom stereocenters. The summed E-state index contributed by atoms with van der Waals surface area (Å²) < 4.78 is 18.9. The zero-order chi connectivity index (χ0) is 13.2. The fraction of sp³-hybridized carbons (Fsp3) is 0.533. The van der Waals surface area contributed by atoms with Crippen LogP contribution in [0.5, 0.6) is 5.75 Å². The third kappa shape index (κ3) is 2.44. The van der Waals surface area contributed by atoms with Gasteiger partial charge in [-0.1, -0.05) is 19.3 Å². The van der Waals surface area contributed by atoms with Crippen LogP contribution >= 0.6 is 0 Å². The number of carbonyl (C=O) groups excluding carboxylic acids is 1. The molecule has 0 radical (unpaired) electrons. The molecule has 0 N–H and O–H groups in total. The Bertz CT molecular complexity index is 483. The second-order valence-corrected chi connectivity index (χ2v) is 5.29. The number of nitrogens with zero attached hydrogens (tertiary/aromatic N) is 1. The molecule has 1 saturated carbocycles. The van der Waals surface area contributed by atoms with Crippen molar-refractivity contribution in [2.75, 3.05) is 18.1 Å². The number of halogens is 1. The van der Waals surface area contributed by atoms with Crippen LogP contribution in [-0.4, -0.2) is 19.1 Å². The molecule has 3 rings (SSSR count). The largest absolute Gasteiger partial charge is 0.490 e. The van der Waals surface area contributed by atoms with Crippen LogP contribution in [0.1, 0.15) is 32.1 Å². The minimum Gasteiger partial charge on any atom is -0.490 e. The second-order valence-electron chi connectivity index (χ2n) is 5.29. The van der Waals surface area contributed by atoms with Crippen LogP contribution in [-0.2, 0) is 4.79 Å². The third-order valence-electron chi connectivity index (χ3n) is 4.00. The Balaban J connectivity index is 1.86. The van der Waals surface area contributed by atoms with Gasteiger partial charge in [0.1, 0.15) is 18.2 Å². The highest BCUT2D eigenvalue weighted by Crippen LogP contribution is 2.35. The van der Waals surface area contributed by atoms with E-state index >= 15 is 0 Å². The Morgan fingerprint density at radius 2 is 2.05 bits per heavy atom. The van der Waals surface area contributed by atoms with E-state index in [-0.39, 0.29) is 17.6 Å². The van der Waals surface area contributed by atoms with Gasteiger partial charge in [-0.3, -0.25) is 4.79 Å². The van der Waals surface area contributed by atoms with Gasteiger partial charge < -0.3 is 9.64 Å². The molecule has 1 aromatic carbocycles. The van der Waals surface area contributed by atoms with Gasteiger partial charge in [0.2, 0.25) is 5.91 Å². The van der Waals surface area contributed by atoms with E-state index in [1.54, 1.807) is 11.0 Å². The van der Waals surface area contributed by atoms with Gasteiger partial charge in [0.15, 0.2) is 0 Å². The fourth-order valence-corrected chi connectivity index (χ4v) is 2.99. The van der Waals surface area contributed by atoms with Crippen LogP contribution in [0, 0.1) is 11.7 Å². The monoisotopic (exact) mass is 263 g/mol. The van der Waals surface area contributed by atoms with E-state index in [9.17, 15) is 9.18 Å². The van der Waals surface area contributed by atoms with Crippen molar-refractivity contribution in [3.63, 3.8) is 0 Å². The molecule has 0 saturated heterocycles. The first-order valence-corrected chi connectivity index (χ1v) is 6.99. The molecule has 102 valence electrons. The lowest BCUT2D eigenvalue weighted by molar-refractivity contribution is -0.123. The summed E-state index contributed by atoms with van der Waals surface area (Å²) in [7, 11) is 0. The molecule has 3 nitrogen and oxygen atoms in total. The molecule has 0 spiro atoms. The Kier molecular flexibility index (Phi) is 3.40. The van der Waals surface area contributed by atoms with Crippen LogP contribution in [0.15, 0.2) is 18.2 Å². The van der Waals surface area contributed by atoms with Crippen molar-refractivity contribution in [3.8, 4) is 5.75 Å². The van der Waals surface area contributed by atoms with Crippen LogP contribution in [0.2, 0.25) is 0 Å². The molecule has 1 aromatic rings. The average Bonchev–Trinajstić information content (AvgIpc) is 2.47. The van der Waals surface area contributed by atoms with Gasteiger partial charge in [-0.25, -0.2) is 4.39 Å². The molecule has 1 amide bonds. The predicted molar refractivity (Wildman–Crippen MR) is 70.8 cm³/mol. The Morgan fingerprint density at radius 1 is 1.26 bits per heavy atom. The third-order valence-corrected chi connectivity index (χ3v) is 4.00. The molecule has 19 heavy (non-hydrogen) atoms. The van der Waals surface area contributed by atoms with E-state index < -0.39 is 0 Å². The topological polar surface area (TPSA) is 29.5 Å². The first kappa shape index (κ1) is 12.5. The van der Waals surface area contributed by atoms with Gasteiger partial charge in [-0.05, 0) is 25.0 Å². The number of anilines is 1. The van der Waals surface area contributed by atoms with E-state index in [0.29, 0.717) is 24.6 Å². The summed E-state index contributed by atoms with van der Waals surface area (Å²) in [6, 6.07) is 4.37. The lowest BCUT2D eigenvalue weighted by atomic mass is 9.88. The lowest BCUT2D eigenvalue weighted by Crippen LogP contribution is -2.42. The Morgan fingerprint density at radius 3 is 2.84 bits per heavy atom. The minimum absolute atomic E-state index is 0.1000. The minimum atomic E-state index is -0.328. The summed E-state index contributed by atoms with van der Waals surface area (Å²) in [5.41, 5.74) is 0.585. The highest BCUT2D eigenvalue weighted by molar-refractivity contribution is 5.96. The van der Waals surface area contributed by atoms with Gasteiger partial charge >= 0.3 is 0 Å². The molecule has 1 aliphatic carbocycles. The van der Waals surface area contributed by atoms with E-state index in [0.717, 1.165) is 25.7 Å². The summed E-state index contributed by atoms with van der Waals surface area (Å²) in [6.07, 6.45) is 5.38. The molecular formula is C15H18FNO2. The molecule has 1 heterocycles. The number of ether oxygens (including phenoxy) is 1. The van der Waals surface area contributed by atoms with Gasteiger partial charge in [0.25, 0.3) is 0 Å². The molecule has 4 heteroatoms. The van der Waals surface area contributed by atoms with Crippen LogP contribution in [0.25, 0.3) is 0 Å². The van der Waals surface area contributed by atoms with Gasteiger partial charge in [-0.2, -0.15) is 0 Å². The van der Waals surface area contributed by atoms with Crippen LogP contribution in [0.4, 0.5) is 10.1 Å². The van der Waals surface area contributed by atoms with Gasteiger partial charge in [0, 0.05) is 12.0 Å². The summed E-state index contributed by atoms with van der Waals surface area (Å²) in [4.78, 5) is 14.3. The maximum Gasteiger partial charge on any atom is 0.230 e. The number of benzene rings is 1. The van der Waals surface area contributed by atoms with Gasteiger partial charge in [-0.15, -0.1) is 0 Å². The summed E-state index contributed by atoms with van der Waals surface area (Å²) in [5, 5.41) is 0. The molecule has 0 aromatic heterocycles. The van der Waals surface area contributed by atoms with Crippen molar-refractivity contribution in [3.05, 3.63) is 24.0 Å². The number of fused-ring (bicyclic) bond motifs is 1. The normalized spacial score (nSPS) is 19.7. The summed E-state index contributed by atoms with van der Waals surface area (Å²) >= 11 is 0. The van der Waals surface area contributed by atoms with Crippen molar-refractivity contribution in [2.45, 2.75) is 32.1 Å². The fourth-order valence-electron chi connectivity index (χ4n) is 2.99. The zero-order valence-corrected chi connectivity index (χ0v) is 10.9. The van der Waals surface area contributed by atoms with E-state index in [2.05, 4.69) is 0 Å². The number of hydrogen-bond acceptors (Lipinski definition) is 2. The van der Waals surface area contributed by atoms with Crippen molar-refractivity contribution < 1.29 is 13.9 Å². The number of carbonyl (C=O) groups is 1. The maximum absolute atomic E-state index is 13.4. The second kappa shape index (κ2) is 5.19. The SMILES string of the molecule is O=C(C1CCCCC1)N1CCOc2ccc(F)cc21. The first-order chi connectivity index (χ1) is 9.25. The molecule has 1 aliphatic heterocycles. The van der Waals surface area contributed by atoms with Crippen molar-refractivity contribution >= 4 is 11.6 Å². The molecule has 0 atom stereocenters. The highest BCUT2D eigenvalue weighted by Gasteiger charge is 2.30.